The Hall–Kier alpha value is -3.64. The molecule has 3 N–H and O–H groups in total. The molecule has 0 saturated heterocycles. The average Bonchev–Trinajstić information content (AvgIpc) is 2.83. The molecule has 0 aromatic heterocycles. The fourth-order valence-electron chi connectivity index (χ4n) is 4.55. The van der Waals surface area contributed by atoms with Gasteiger partial charge in [0.25, 0.3) is 0 Å². The van der Waals surface area contributed by atoms with Crippen molar-refractivity contribution in [3.05, 3.63) is 89.0 Å². The second-order valence-corrected chi connectivity index (χ2v) is 10.6. The number of rotatable bonds is 5. The first kappa shape index (κ1) is 25.5. The van der Waals surface area contributed by atoms with Gasteiger partial charge in [0, 0.05) is 30.2 Å². The van der Waals surface area contributed by atoms with Crippen molar-refractivity contribution in [1.82, 2.24) is 4.90 Å². The Balaban J connectivity index is 1.38. The van der Waals surface area contributed by atoms with Crippen molar-refractivity contribution < 1.29 is 9.59 Å². The highest BCUT2D eigenvalue weighted by Crippen LogP contribution is 2.28. The number of fused-ring (bicyclic) bond motifs is 1. The lowest BCUT2D eigenvalue weighted by molar-refractivity contribution is -0.121. The summed E-state index contributed by atoms with van der Waals surface area (Å²) >= 11 is 0. The number of hydrogen-bond acceptors (Lipinski definition) is 3. The summed E-state index contributed by atoms with van der Waals surface area (Å²) in [7, 11) is 0. The molecule has 36 heavy (non-hydrogen) atoms. The van der Waals surface area contributed by atoms with E-state index in [2.05, 4.69) is 59.8 Å². The third-order valence-electron chi connectivity index (χ3n) is 6.77. The zero-order chi connectivity index (χ0) is 25.9. The molecule has 6 nitrogen and oxygen atoms in total. The number of carbonyl (C=O) groups excluding carboxylic acids is 2. The molecule has 0 spiro atoms. The van der Waals surface area contributed by atoms with Gasteiger partial charge in [-0.3, -0.25) is 9.69 Å². The molecule has 0 bridgehead atoms. The highest BCUT2D eigenvalue weighted by atomic mass is 16.2. The normalized spacial score (nSPS) is 14.5. The van der Waals surface area contributed by atoms with Gasteiger partial charge in [-0.05, 0) is 78.3 Å². The molecule has 1 atom stereocenters. The maximum Gasteiger partial charge on any atom is 0.323 e. The summed E-state index contributed by atoms with van der Waals surface area (Å²) in [6.45, 7) is 11.9. The van der Waals surface area contributed by atoms with Gasteiger partial charge in [-0.15, -0.1) is 0 Å². The van der Waals surface area contributed by atoms with E-state index in [0.29, 0.717) is 6.54 Å². The Bertz CT molecular complexity index is 1240. The number of nitrogens with one attached hydrogen (secondary N) is 3. The van der Waals surface area contributed by atoms with Gasteiger partial charge in [-0.2, -0.15) is 0 Å². The number of anilines is 3. The van der Waals surface area contributed by atoms with Crippen molar-refractivity contribution in [2.24, 2.45) is 0 Å². The number of hydrogen-bond donors (Lipinski definition) is 3. The van der Waals surface area contributed by atoms with Crippen LogP contribution in [-0.4, -0.2) is 29.4 Å². The highest BCUT2D eigenvalue weighted by molar-refractivity contribution is 6.00. The summed E-state index contributed by atoms with van der Waals surface area (Å²) in [5, 5.41) is 8.97. The third kappa shape index (κ3) is 6.13. The van der Waals surface area contributed by atoms with E-state index in [-0.39, 0.29) is 23.4 Å². The van der Waals surface area contributed by atoms with Crippen LogP contribution < -0.4 is 16.0 Å². The molecule has 1 aliphatic heterocycles. The highest BCUT2D eigenvalue weighted by Gasteiger charge is 2.27. The van der Waals surface area contributed by atoms with Gasteiger partial charge >= 0.3 is 6.03 Å². The quantitative estimate of drug-likeness (QED) is 0.397. The van der Waals surface area contributed by atoms with Crippen LogP contribution in [0.15, 0.2) is 66.7 Å². The van der Waals surface area contributed by atoms with Crippen LogP contribution in [0.1, 0.15) is 49.9 Å². The monoisotopic (exact) mass is 484 g/mol. The van der Waals surface area contributed by atoms with Gasteiger partial charge in [0.05, 0.1) is 6.04 Å². The first-order valence-electron chi connectivity index (χ1n) is 12.5. The lowest BCUT2D eigenvalue weighted by Gasteiger charge is -2.33. The minimum atomic E-state index is -0.276. The van der Waals surface area contributed by atoms with E-state index in [4.69, 9.17) is 0 Å². The van der Waals surface area contributed by atoms with E-state index in [1.54, 1.807) is 0 Å². The second kappa shape index (κ2) is 10.5. The fourth-order valence-corrected chi connectivity index (χ4v) is 4.55. The Morgan fingerprint density at radius 3 is 2.31 bits per heavy atom. The Morgan fingerprint density at radius 2 is 1.61 bits per heavy atom. The van der Waals surface area contributed by atoms with Crippen LogP contribution >= 0.6 is 0 Å². The number of urea groups is 1. The van der Waals surface area contributed by atoms with Crippen molar-refractivity contribution in [3.8, 4) is 0 Å². The van der Waals surface area contributed by atoms with Crippen LogP contribution in [-0.2, 0) is 23.2 Å². The second-order valence-electron chi connectivity index (χ2n) is 10.6. The molecular formula is C30H36N4O2. The van der Waals surface area contributed by atoms with Crippen molar-refractivity contribution in [1.29, 1.82) is 0 Å². The maximum absolute atomic E-state index is 13.0. The van der Waals surface area contributed by atoms with E-state index in [1.807, 2.05) is 62.4 Å². The molecule has 0 radical (unpaired) electrons. The summed E-state index contributed by atoms with van der Waals surface area (Å²) in [5.74, 6) is -0.0197. The molecule has 1 heterocycles. The van der Waals surface area contributed by atoms with Crippen LogP contribution in [0.4, 0.5) is 21.9 Å². The maximum atomic E-state index is 13.0. The van der Waals surface area contributed by atoms with Gasteiger partial charge in [0.15, 0.2) is 0 Å². The molecule has 4 rings (SSSR count). The van der Waals surface area contributed by atoms with Gasteiger partial charge < -0.3 is 16.0 Å². The van der Waals surface area contributed by atoms with E-state index in [0.717, 1.165) is 46.7 Å². The molecule has 3 aromatic rings. The van der Waals surface area contributed by atoms with Crippen LogP contribution in [0.3, 0.4) is 0 Å². The summed E-state index contributed by atoms with van der Waals surface area (Å²) in [6, 6.07) is 21.2. The van der Waals surface area contributed by atoms with Crippen molar-refractivity contribution in [2.75, 3.05) is 22.5 Å². The average molecular weight is 485 g/mol. The summed E-state index contributed by atoms with van der Waals surface area (Å²) < 4.78 is 0. The first-order valence-corrected chi connectivity index (χ1v) is 12.5. The van der Waals surface area contributed by atoms with E-state index < -0.39 is 0 Å². The molecule has 3 amide bonds. The van der Waals surface area contributed by atoms with Crippen molar-refractivity contribution in [2.45, 2.75) is 59.0 Å². The minimum Gasteiger partial charge on any atom is -0.325 e. The third-order valence-corrected chi connectivity index (χ3v) is 6.77. The number of benzene rings is 3. The number of carbonyl (C=O) groups is 2. The van der Waals surface area contributed by atoms with E-state index in [1.165, 1.54) is 5.56 Å². The topological polar surface area (TPSA) is 73.5 Å². The number of amides is 3. The first-order chi connectivity index (χ1) is 17.1. The molecule has 0 saturated carbocycles. The van der Waals surface area contributed by atoms with Crippen LogP contribution in [0, 0.1) is 6.92 Å². The standard InChI is InChI=1S/C30H36N4O2/c1-20-8-6-10-25(18-20)32-29(36)33-27-11-7-9-22-19-34(17-16-26(22)27)21(2)28(35)31-24-14-12-23(13-15-24)30(3,4)5/h6-15,18,21H,16-17,19H2,1-5H3,(H,31,35)(H2,32,33,36). The zero-order valence-corrected chi connectivity index (χ0v) is 21.8. The minimum absolute atomic E-state index is 0.0197. The molecule has 3 aromatic carbocycles. The van der Waals surface area contributed by atoms with Crippen molar-refractivity contribution in [3.63, 3.8) is 0 Å². The van der Waals surface area contributed by atoms with Crippen LogP contribution in [0.5, 0.6) is 0 Å². The summed E-state index contributed by atoms with van der Waals surface area (Å²) in [4.78, 5) is 27.8. The molecule has 0 aliphatic carbocycles. The van der Waals surface area contributed by atoms with E-state index >= 15 is 0 Å². The molecule has 188 valence electrons. The molecule has 1 aliphatic rings. The predicted molar refractivity (Wildman–Crippen MR) is 148 cm³/mol. The molecule has 1 unspecified atom stereocenters. The summed E-state index contributed by atoms with van der Waals surface area (Å²) in [6.07, 6.45) is 0.758. The number of nitrogens with zero attached hydrogens (tertiary/aromatic N) is 1. The van der Waals surface area contributed by atoms with Crippen molar-refractivity contribution >= 4 is 29.0 Å². The smallest absolute Gasteiger partial charge is 0.323 e. The fraction of sp³-hybridized carbons (Fsp3) is 0.333. The number of aryl methyl sites for hydroxylation is 1. The molecule has 0 fully saturated rings. The van der Waals surface area contributed by atoms with Gasteiger partial charge in [0.1, 0.15) is 0 Å². The largest absolute Gasteiger partial charge is 0.325 e. The SMILES string of the molecule is Cc1cccc(NC(=O)Nc2cccc3c2CCN(C(C)C(=O)Nc2ccc(C(C)(C)C)cc2)C3)c1. The van der Waals surface area contributed by atoms with Crippen LogP contribution in [0.25, 0.3) is 0 Å². The predicted octanol–water partition coefficient (Wildman–Crippen LogP) is 6.32. The van der Waals surface area contributed by atoms with Gasteiger partial charge in [0.2, 0.25) is 5.91 Å². The Kier molecular flexibility index (Phi) is 7.45. The van der Waals surface area contributed by atoms with Gasteiger partial charge in [-0.25, -0.2) is 4.79 Å². The lowest BCUT2D eigenvalue weighted by Crippen LogP contribution is -2.44. The van der Waals surface area contributed by atoms with Gasteiger partial charge in [-0.1, -0.05) is 57.2 Å². The summed E-state index contributed by atoms with van der Waals surface area (Å²) in [5.41, 5.74) is 7.03. The Labute approximate surface area is 214 Å². The van der Waals surface area contributed by atoms with E-state index in [9.17, 15) is 9.59 Å². The zero-order valence-electron chi connectivity index (χ0n) is 21.8. The van der Waals surface area contributed by atoms with Crippen LogP contribution in [0.2, 0.25) is 0 Å². The lowest BCUT2D eigenvalue weighted by atomic mass is 9.87. The molecular weight excluding hydrogens is 448 g/mol. The Morgan fingerprint density at radius 1 is 0.889 bits per heavy atom. The molecule has 6 heteroatoms.